The molecule has 0 amide bonds. The smallest absolute Gasteiger partial charge is 0.113 e. The molecular weight excluding hydrogens is 204 g/mol. The number of benzene rings is 1. The predicted molar refractivity (Wildman–Crippen MR) is 60.6 cm³/mol. The molecule has 0 aliphatic rings. The Bertz CT molecular complexity index is 585. The summed E-state index contributed by atoms with van der Waals surface area (Å²) in [6.07, 6.45) is 0. The first-order valence-corrected chi connectivity index (χ1v) is 5.17. The third-order valence-electron chi connectivity index (χ3n) is 2.64. The van der Waals surface area contributed by atoms with Gasteiger partial charge in [0.05, 0.1) is 11.2 Å². The van der Waals surface area contributed by atoms with E-state index in [2.05, 4.69) is 5.16 Å². The fourth-order valence-electron chi connectivity index (χ4n) is 1.79. The van der Waals surface area contributed by atoms with Gasteiger partial charge in [-0.3, -0.25) is 0 Å². The second-order valence-electron chi connectivity index (χ2n) is 4.04. The number of hydrogen-bond acceptors (Lipinski definition) is 3. The van der Waals surface area contributed by atoms with E-state index in [0.717, 1.165) is 10.1 Å². The third kappa shape index (κ3) is 1.52. The van der Waals surface area contributed by atoms with Crippen LogP contribution >= 0.6 is 0 Å². The van der Waals surface area contributed by atoms with Gasteiger partial charge in [0, 0.05) is 5.39 Å². The van der Waals surface area contributed by atoms with Gasteiger partial charge in [-0.25, -0.2) is 0 Å². The van der Waals surface area contributed by atoms with Crippen LogP contribution in [0.1, 0.15) is 25.5 Å². The van der Waals surface area contributed by atoms with Gasteiger partial charge < -0.3 is 10.4 Å². The van der Waals surface area contributed by atoms with Gasteiger partial charge >= 0.3 is 0 Å². The Balaban J connectivity index is 2.95. The molecule has 0 saturated heterocycles. The summed E-state index contributed by atoms with van der Waals surface area (Å²) in [7, 11) is 0. The number of pyridine rings is 1. The van der Waals surface area contributed by atoms with Crippen LogP contribution in [-0.2, 0) is 0 Å². The van der Waals surface area contributed by atoms with Crippen LogP contribution in [-0.4, -0.2) is 15.1 Å². The first-order valence-electron chi connectivity index (χ1n) is 5.17. The maximum absolute atomic E-state index is 10.0. The fourth-order valence-corrected chi connectivity index (χ4v) is 1.79. The second-order valence-corrected chi connectivity index (χ2v) is 4.04. The van der Waals surface area contributed by atoms with Crippen molar-refractivity contribution in [3.8, 4) is 0 Å². The van der Waals surface area contributed by atoms with E-state index >= 15 is 0 Å². The van der Waals surface area contributed by atoms with Gasteiger partial charge in [0.2, 0.25) is 0 Å². The van der Waals surface area contributed by atoms with Crippen LogP contribution in [0, 0.1) is 0 Å². The zero-order valence-electron chi connectivity index (χ0n) is 9.25. The van der Waals surface area contributed by atoms with Crippen LogP contribution in [0.15, 0.2) is 35.5 Å². The molecule has 1 aromatic heterocycles. The molecule has 0 aliphatic carbocycles. The monoisotopic (exact) mass is 218 g/mol. The molecule has 0 radical (unpaired) electrons. The van der Waals surface area contributed by atoms with E-state index in [4.69, 9.17) is 5.21 Å². The molecular formula is C12H14N2O2. The Hall–Kier alpha value is -1.97. The van der Waals surface area contributed by atoms with Crippen molar-refractivity contribution in [2.45, 2.75) is 19.8 Å². The van der Waals surface area contributed by atoms with Crippen LogP contribution in [0.5, 0.6) is 0 Å². The molecule has 84 valence electrons. The Morgan fingerprint density at radius 1 is 1.25 bits per heavy atom. The molecule has 0 fully saturated rings. The minimum absolute atomic E-state index is 0.148. The highest BCUT2D eigenvalue weighted by Gasteiger charge is 2.09. The number of fused-ring (bicyclic) bond motifs is 1. The maximum Gasteiger partial charge on any atom is 0.113 e. The highest BCUT2D eigenvalue weighted by Crippen LogP contribution is 2.17. The van der Waals surface area contributed by atoms with Crippen molar-refractivity contribution < 1.29 is 10.4 Å². The predicted octanol–water partition coefficient (Wildman–Crippen LogP) is 2.29. The van der Waals surface area contributed by atoms with Gasteiger partial charge in [0.1, 0.15) is 5.36 Å². The topological polar surface area (TPSA) is 57.8 Å². The van der Waals surface area contributed by atoms with Crippen LogP contribution in [0.4, 0.5) is 0 Å². The average Bonchev–Trinajstić information content (AvgIpc) is 2.29. The lowest BCUT2D eigenvalue weighted by Crippen LogP contribution is -2.14. The molecule has 0 bridgehead atoms. The van der Waals surface area contributed by atoms with Crippen molar-refractivity contribution >= 4 is 10.9 Å². The molecule has 1 aromatic carbocycles. The normalized spacial score (nSPS) is 12.6. The van der Waals surface area contributed by atoms with E-state index in [9.17, 15) is 5.21 Å². The number of nitrogens with zero attached hydrogens (tertiary/aromatic N) is 2. The molecule has 2 aromatic rings. The molecule has 0 saturated carbocycles. The average molecular weight is 218 g/mol. The van der Waals surface area contributed by atoms with Gasteiger partial charge in [-0.2, -0.15) is 4.73 Å². The highest BCUT2D eigenvalue weighted by molar-refractivity contribution is 5.78. The largest absolute Gasteiger partial charge is 0.428 e. The second kappa shape index (κ2) is 3.89. The summed E-state index contributed by atoms with van der Waals surface area (Å²) in [5, 5.41) is 23.5. The maximum atomic E-state index is 10.0. The Morgan fingerprint density at radius 2 is 1.94 bits per heavy atom. The number of para-hydroxylation sites is 1. The van der Waals surface area contributed by atoms with Crippen LogP contribution in [0.3, 0.4) is 0 Å². The van der Waals surface area contributed by atoms with Crippen molar-refractivity contribution in [1.82, 2.24) is 4.73 Å². The lowest BCUT2D eigenvalue weighted by atomic mass is 10.1. The summed E-state index contributed by atoms with van der Waals surface area (Å²) in [6, 6.07) is 8.95. The quantitative estimate of drug-likeness (QED) is 0.438. The Morgan fingerprint density at radius 3 is 2.56 bits per heavy atom. The van der Waals surface area contributed by atoms with Gasteiger partial charge in [-0.05, 0) is 18.1 Å². The summed E-state index contributed by atoms with van der Waals surface area (Å²) >= 11 is 0. The first-order chi connectivity index (χ1) is 7.65. The molecule has 0 atom stereocenters. The molecule has 4 heteroatoms. The number of hydrogen-bond donors (Lipinski definition) is 2. The first kappa shape index (κ1) is 10.5. The lowest BCUT2D eigenvalue weighted by molar-refractivity contribution is 0.185. The van der Waals surface area contributed by atoms with Crippen molar-refractivity contribution in [2.75, 3.05) is 0 Å². The summed E-state index contributed by atoms with van der Waals surface area (Å²) < 4.78 is 1.15. The highest BCUT2D eigenvalue weighted by atomic mass is 16.5. The van der Waals surface area contributed by atoms with Crippen molar-refractivity contribution in [2.24, 2.45) is 5.16 Å². The van der Waals surface area contributed by atoms with E-state index < -0.39 is 0 Å². The zero-order chi connectivity index (χ0) is 11.7. The number of aromatic nitrogens is 1. The Kier molecular flexibility index (Phi) is 2.56. The Labute approximate surface area is 93.0 Å². The van der Waals surface area contributed by atoms with Crippen molar-refractivity contribution in [1.29, 1.82) is 0 Å². The van der Waals surface area contributed by atoms with Crippen LogP contribution in [0.25, 0.3) is 10.9 Å². The molecule has 16 heavy (non-hydrogen) atoms. The minimum atomic E-state index is 0.148. The molecule has 0 aliphatic heterocycles. The van der Waals surface area contributed by atoms with Crippen molar-refractivity contribution in [3.63, 3.8) is 0 Å². The molecule has 2 N–H and O–H groups in total. The van der Waals surface area contributed by atoms with Crippen LogP contribution < -0.4 is 5.36 Å². The van der Waals surface area contributed by atoms with Gasteiger partial charge in [-0.1, -0.05) is 37.2 Å². The van der Waals surface area contributed by atoms with Gasteiger partial charge in [0.25, 0.3) is 0 Å². The van der Waals surface area contributed by atoms with Crippen LogP contribution in [0.2, 0.25) is 0 Å². The molecule has 2 rings (SSSR count). The lowest BCUT2D eigenvalue weighted by Gasteiger charge is -2.13. The van der Waals surface area contributed by atoms with Crippen molar-refractivity contribution in [3.05, 3.63) is 41.4 Å². The molecule has 4 nitrogen and oxygen atoms in total. The third-order valence-corrected chi connectivity index (χ3v) is 2.64. The van der Waals surface area contributed by atoms with E-state index in [1.807, 2.05) is 26.0 Å². The van der Waals surface area contributed by atoms with E-state index in [0.29, 0.717) is 16.6 Å². The summed E-state index contributed by atoms with van der Waals surface area (Å²) in [5.74, 6) is 0.148. The fraction of sp³-hybridized carbons (Fsp3) is 0.250. The SMILES string of the molecule is CC(C)c1c/c(=N\O)c2ccccc2n1O. The molecule has 0 spiro atoms. The van der Waals surface area contributed by atoms with E-state index in [1.165, 1.54) is 0 Å². The zero-order valence-corrected chi connectivity index (χ0v) is 9.25. The standard InChI is InChI=1S/C12H14N2O2/c1-8(2)12-7-10(13-15)9-5-3-4-6-11(9)14(12)16/h3-8,15-16H,1-2H3/b13-10+. The minimum Gasteiger partial charge on any atom is -0.428 e. The van der Waals surface area contributed by atoms with Gasteiger partial charge in [-0.15, -0.1) is 0 Å². The van der Waals surface area contributed by atoms with Gasteiger partial charge in [0.15, 0.2) is 0 Å². The number of rotatable bonds is 1. The molecule has 0 unspecified atom stereocenters. The van der Waals surface area contributed by atoms with E-state index in [1.54, 1.807) is 18.2 Å². The summed E-state index contributed by atoms with van der Waals surface area (Å²) in [5.41, 5.74) is 1.35. The molecule has 1 heterocycles. The summed E-state index contributed by atoms with van der Waals surface area (Å²) in [4.78, 5) is 0. The van der Waals surface area contributed by atoms with E-state index in [-0.39, 0.29) is 5.92 Å². The summed E-state index contributed by atoms with van der Waals surface area (Å²) in [6.45, 7) is 3.94.